The van der Waals surface area contributed by atoms with Gasteiger partial charge in [-0.1, -0.05) is 45.0 Å². The second kappa shape index (κ2) is 5.95. The first-order valence-electron chi connectivity index (χ1n) is 7.45. The van der Waals surface area contributed by atoms with Crippen molar-refractivity contribution in [2.24, 2.45) is 0 Å². The van der Waals surface area contributed by atoms with Crippen LogP contribution >= 0.6 is 0 Å². The number of benzene rings is 1. The number of rotatable bonds is 3. The molecule has 0 aliphatic carbocycles. The Hall–Kier alpha value is -2.10. The zero-order chi connectivity index (χ0) is 16.4. The highest BCUT2D eigenvalue weighted by molar-refractivity contribution is 5.96. The number of ether oxygens (including phenoxy) is 2. The van der Waals surface area contributed by atoms with Crippen molar-refractivity contribution < 1.29 is 19.1 Å². The van der Waals surface area contributed by atoms with Crippen molar-refractivity contribution in [2.75, 3.05) is 6.61 Å². The monoisotopic (exact) mass is 302 g/mol. The summed E-state index contributed by atoms with van der Waals surface area (Å²) in [6, 6.07) is 7.60. The van der Waals surface area contributed by atoms with Crippen molar-refractivity contribution >= 4 is 11.8 Å². The lowest BCUT2D eigenvalue weighted by Gasteiger charge is -2.32. The Bertz CT molecular complexity index is 593. The van der Waals surface area contributed by atoms with Crippen LogP contribution in [0.4, 0.5) is 0 Å². The SMILES string of the molecule is CCOC(=O)C1(c2ccc(C(C)(C)C)cc2)CC(=O)C=CO1. The third-order valence-electron chi connectivity index (χ3n) is 3.77. The molecular formula is C18H22O4. The van der Waals surface area contributed by atoms with Crippen molar-refractivity contribution in [3.05, 3.63) is 47.7 Å². The lowest BCUT2D eigenvalue weighted by molar-refractivity contribution is -0.170. The Kier molecular flexibility index (Phi) is 4.40. The van der Waals surface area contributed by atoms with Crippen molar-refractivity contribution in [3.63, 3.8) is 0 Å². The normalized spacial score (nSPS) is 21.4. The van der Waals surface area contributed by atoms with E-state index in [1.165, 1.54) is 12.3 Å². The van der Waals surface area contributed by atoms with Gasteiger partial charge in [-0.15, -0.1) is 0 Å². The molecule has 0 saturated heterocycles. The van der Waals surface area contributed by atoms with Gasteiger partial charge in [-0.25, -0.2) is 4.79 Å². The van der Waals surface area contributed by atoms with Crippen LogP contribution in [0.5, 0.6) is 0 Å². The van der Waals surface area contributed by atoms with Crippen LogP contribution in [0.1, 0.15) is 45.2 Å². The molecular weight excluding hydrogens is 280 g/mol. The summed E-state index contributed by atoms with van der Waals surface area (Å²) in [4.78, 5) is 24.2. The quantitative estimate of drug-likeness (QED) is 0.804. The Morgan fingerprint density at radius 1 is 1.27 bits per heavy atom. The molecule has 1 unspecified atom stereocenters. The molecule has 0 N–H and O–H groups in total. The maximum Gasteiger partial charge on any atom is 0.355 e. The summed E-state index contributed by atoms with van der Waals surface area (Å²) in [7, 11) is 0. The molecule has 2 rings (SSSR count). The second-order valence-corrected chi connectivity index (χ2v) is 6.44. The highest BCUT2D eigenvalue weighted by Crippen LogP contribution is 2.35. The van der Waals surface area contributed by atoms with E-state index >= 15 is 0 Å². The lowest BCUT2D eigenvalue weighted by Crippen LogP contribution is -2.42. The molecule has 1 aromatic rings. The summed E-state index contributed by atoms with van der Waals surface area (Å²) in [5.41, 5.74) is 0.418. The third kappa shape index (κ3) is 3.06. The second-order valence-electron chi connectivity index (χ2n) is 6.44. The maximum atomic E-state index is 12.4. The Labute approximate surface area is 131 Å². The first-order valence-corrected chi connectivity index (χ1v) is 7.45. The fourth-order valence-corrected chi connectivity index (χ4v) is 2.47. The van der Waals surface area contributed by atoms with Crippen molar-refractivity contribution in [3.8, 4) is 0 Å². The molecule has 4 nitrogen and oxygen atoms in total. The lowest BCUT2D eigenvalue weighted by atomic mass is 9.82. The molecule has 1 aliphatic heterocycles. The number of hydrogen-bond acceptors (Lipinski definition) is 4. The van der Waals surface area contributed by atoms with E-state index in [9.17, 15) is 9.59 Å². The average Bonchev–Trinajstić information content (AvgIpc) is 2.46. The van der Waals surface area contributed by atoms with Crippen LogP contribution in [0.2, 0.25) is 0 Å². The average molecular weight is 302 g/mol. The van der Waals surface area contributed by atoms with E-state index in [0.29, 0.717) is 5.56 Å². The van der Waals surface area contributed by atoms with Crippen LogP contribution in [0.3, 0.4) is 0 Å². The van der Waals surface area contributed by atoms with Crippen LogP contribution in [0.15, 0.2) is 36.6 Å². The van der Waals surface area contributed by atoms with Crippen LogP contribution in [0, 0.1) is 0 Å². The molecule has 0 bridgehead atoms. The van der Waals surface area contributed by atoms with Crippen LogP contribution < -0.4 is 0 Å². The minimum absolute atomic E-state index is 0.0127. The molecule has 0 saturated carbocycles. The van der Waals surface area contributed by atoms with E-state index in [1.807, 2.05) is 24.3 Å². The van der Waals surface area contributed by atoms with Gasteiger partial charge >= 0.3 is 5.97 Å². The number of ketones is 1. The minimum atomic E-state index is -1.38. The summed E-state index contributed by atoms with van der Waals surface area (Å²) in [6.07, 6.45) is 2.57. The Morgan fingerprint density at radius 3 is 2.41 bits per heavy atom. The zero-order valence-corrected chi connectivity index (χ0v) is 13.5. The van der Waals surface area contributed by atoms with E-state index in [4.69, 9.17) is 9.47 Å². The molecule has 0 aromatic heterocycles. The topological polar surface area (TPSA) is 52.6 Å². The molecule has 118 valence electrons. The van der Waals surface area contributed by atoms with Gasteiger partial charge in [0.25, 0.3) is 0 Å². The molecule has 22 heavy (non-hydrogen) atoms. The molecule has 0 fully saturated rings. The third-order valence-corrected chi connectivity index (χ3v) is 3.77. The van der Waals surface area contributed by atoms with Gasteiger partial charge in [0.2, 0.25) is 5.60 Å². The molecule has 1 heterocycles. The van der Waals surface area contributed by atoms with Gasteiger partial charge in [-0.2, -0.15) is 0 Å². The Morgan fingerprint density at radius 2 is 1.91 bits per heavy atom. The first kappa shape index (κ1) is 16.3. The summed E-state index contributed by atoms with van der Waals surface area (Å²) >= 11 is 0. The summed E-state index contributed by atoms with van der Waals surface area (Å²) < 4.78 is 10.7. The first-order chi connectivity index (χ1) is 10.3. The van der Waals surface area contributed by atoms with Gasteiger partial charge in [-0.3, -0.25) is 4.79 Å². The van der Waals surface area contributed by atoms with E-state index in [-0.39, 0.29) is 24.2 Å². The summed E-state index contributed by atoms with van der Waals surface area (Å²) in [6.45, 7) is 8.32. The van der Waals surface area contributed by atoms with Crippen LogP contribution in [-0.2, 0) is 30.1 Å². The zero-order valence-electron chi connectivity index (χ0n) is 13.5. The molecule has 4 heteroatoms. The van der Waals surface area contributed by atoms with Crippen LogP contribution in [-0.4, -0.2) is 18.4 Å². The summed E-state index contributed by atoms with van der Waals surface area (Å²) in [5.74, 6) is -0.685. The van der Waals surface area contributed by atoms with E-state index in [1.54, 1.807) is 6.92 Å². The van der Waals surface area contributed by atoms with Gasteiger partial charge in [0, 0.05) is 11.6 Å². The van der Waals surface area contributed by atoms with Crippen LogP contribution in [0.25, 0.3) is 0 Å². The number of carbonyl (C=O) groups excluding carboxylic acids is 2. The smallest absolute Gasteiger partial charge is 0.355 e. The van der Waals surface area contributed by atoms with E-state index in [0.717, 1.165) is 5.56 Å². The molecule has 1 aliphatic rings. The van der Waals surface area contributed by atoms with Crippen molar-refractivity contribution in [1.82, 2.24) is 0 Å². The fourth-order valence-electron chi connectivity index (χ4n) is 2.47. The molecule has 0 spiro atoms. The van der Waals surface area contributed by atoms with Gasteiger partial charge < -0.3 is 9.47 Å². The maximum absolute atomic E-state index is 12.4. The van der Waals surface area contributed by atoms with E-state index in [2.05, 4.69) is 20.8 Å². The van der Waals surface area contributed by atoms with Crippen molar-refractivity contribution in [1.29, 1.82) is 0 Å². The van der Waals surface area contributed by atoms with E-state index < -0.39 is 11.6 Å². The highest BCUT2D eigenvalue weighted by Gasteiger charge is 2.46. The largest absolute Gasteiger partial charge is 0.478 e. The van der Waals surface area contributed by atoms with Gasteiger partial charge in [0.05, 0.1) is 19.3 Å². The van der Waals surface area contributed by atoms with Gasteiger partial charge in [-0.05, 0) is 17.9 Å². The molecule has 1 atom stereocenters. The predicted octanol–water partition coefficient (Wildman–Crippen LogP) is 3.25. The number of esters is 1. The predicted molar refractivity (Wildman–Crippen MR) is 83.3 cm³/mol. The number of carbonyl (C=O) groups is 2. The highest BCUT2D eigenvalue weighted by atomic mass is 16.6. The number of allylic oxidation sites excluding steroid dienone is 1. The molecule has 1 aromatic carbocycles. The molecule has 0 amide bonds. The van der Waals surface area contributed by atoms with Gasteiger partial charge in [0.1, 0.15) is 0 Å². The Balaban J connectivity index is 2.44. The number of hydrogen-bond donors (Lipinski definition) is 0. The molecule has 0 radical (unpaired) electrons. The standard InChI is InChI=1S/C18H22O4/c1-5-21-16(20)18(12-15(19)10-11-22-18)14-8-6-13(7-9-14)17(2,3)4/h6-11H,5,12H2,1-4H3. The summed E-state index contributed by atoms with van der Waals surface area (Å²) in [5, 5.41) is 0. The minimum Gasteiger partial charge on any atom is -0.478 e. The van der Waals surface area contributed by atoms with Gasteiger partial charge in [0.15, 0.2) is 5.78 Å². The fraction of sp³-hybridized carbons (Fsp3) is 0.444. The van der Waals surface area contributed by atoms with Crippen molar-refractivity contribution in [2.45, 2.75) is 45.1 Å².